The van der Waals surface area contributed by atoms with Crippen LogP contribution >= 0.6 is 0 Å². The minimum atomic E-state index is -1.70. The van der Waals surface area contributed by atoms with Gasteiger partial charge in [-0.3, -0.25) is 4.79 Å². The third kappa shape index (κ3) is 3.85. The summed E-state index contributed by atoms with van der Waals surface area (Å²) < 4.78 is 0. The van der Waals surface area contributed by atoms with E-state index in [4.69, 9.17) is 10.8 Å². The molecule has 0 aromatic heterocycles. The van der Waals surface area contributed by atoms with E-state index in [2.05, 4.69) is 0 Å². The molecule has 0 saturated heterocycles. The van der Waals surface area contributed by atoms with E-state index in [0.29, 0.717) is 12.3 Å². The Morgan fingerprint density at radius 2 is 2.00 bits per heavy atom. The van der Waals surface area contributed by atoms with E-state index < -0.39 is 24.0 Å². The van der Waals surface area contributed by atoms with Gasteiger partial charge in [-0.1, -0.05) is 13.8 Å². The monoisotopic (exact) mass is 189 g/mol. The van der Waals surface area contributed by atoms with Crippen LogP contribution in [0.15, 0.2) is 0 Å². The molecule has 4 N–H and O–H groups in total. The highest BCUT2D eigenvalue weighted by atomic mass is 16.3. The zero-order valence-electron chi connectivity index (χ0n) is 8.45. The second kappa shape index (κ2) is 4.69. The van der Waals surface area contributed by atoms with Gasteiger partial charge in [0, 0.05) is 0 Å². The fourth-order valence-electron chi connectivity index (χ4n) is 1.09. The first-order valence-corrected chi connectivity index (χ1v) is 4.44. The average molecular weight is 189 g/mol. The summed E-state index contributed by atoms with van der Waals surface area (Å²) in [6, 6.07) is -0.692. The largest absolute Gasteiger partial charge is 0.393 e. The highest BCUT2D eigenvalue weighted by Crippen LogP contribution is 2.11. The molecule has 0 aromatic carbocycles. The quantitative estimate of drug-likeness (QED) is 0.553. The van der Waals surface area contributed by atoms with Crippen molar-refractivity contribution in [3.05, 3.63) is 0 Å². The van der Waals surface area contributed by atoms with Crippen LogP contribution in [0, 0.1) is 5.92 Å². The van der Waals surface area contributed by atoms with Crippen molar-refractivity contribution in [3.63, 3.8) is 0 Å². The van der Waals surface area contributed by atoms with Crippen molar-refractivity contribution in [2.45, 2.75) is 38.8 Å². The van der Waals surface area contributed by atoms with Crippen LogP contribution in [-0.4, -0.2) is 34.2 Å². The van der Waals surface area contributed by atoms with Crippen molar-refractivity contribution in [1.82, 2.24) is 0 Å². The molecule has 0 fully saturated rings. The number of ketones is 1. The Labute approximate surface area is 78.7 Å². The van der Waals surface area contributed by atoms with Crippen molar-refractivity contribution in [2.75, 3.05) is 6.61 Å². The molecule has 4 heteroatoms. The van der Waals surface area contributed by atoms with E-state index in [1.807, 2.05) is 13.8 Å². The summed E-state index contributed by atoms with van der Waals surface area (Å²) in [4.78, 5) is 11.4. The Morgan fingerprint density at radius 1 is 1.54 bits per heavy atom. The highest BCUT2D eigenvalue weighted by molar-refractivity contribution is 5.91. The fourth-order valence-corrected chi connectivity index (χ4v) is 1.09. The minimum absolute atomic E-state index is 0.299. The van der Waals surface area contributed by atoms with Crippen LogP contribution in [0.25, 0.3) is 0 Å². The lowest BCUT2D eigenvalue weighted by atomic mass is 9.91. The molecule has 13 heavy (non-hydrogen) atoms. The standard InChI is InChI=1S/C9H19NO3/c1-6(2)4-7(10)8(12)9(3,13)5-11/h6-7,11,13H,4-5,10H2,1-3H3/t7-,9?/m0/s1. The van der Waals surface area contributed by atoms with Crippen molar-refractivity contribution >= 4 is 5.78 Å². The van der Waals surface area contributed by atoms with Gasteiger partial charge in [0.05, 0.1) is 12.6 Å². The molecular formula is C9H19NO3. The molecule has 0 rings (SSSR count). The Hall–Kier alpha value is -0.450. The summed E-state index contributed by atoms with van der Waals surface area (Å²) >= 11 is 0. The van der Waals surface area contributed by atoms with Crippen LogP contribution < -0.4 is 5.73 Å². The molecule has 78 valence electrons. The number of carbonyl (C=O) groups is 1. The number of Topliss-reactive ketones (excluding diaryl/α,β-unsaturated/α-hetero) is 1. The van der Waals surface area contributed by atoms with E-state index in [1.165, 1.54) is 6.92 Å². The van der Waals surface area contributed by atoms with Gasteiger partial charge in [0.15, 0.2) is 5.78 Å². The van der Waals surface area contributed by atoms with Crippen LogP contribution in [0.4, 0.5) is 0 Å². The van der Waals surface area contributed by atoms with Crippen molar-refractivity contribution in [1.29, 1.82) is 0 Å². The maximum Gasteiger partial charge on any atom is 0.183 e. The van der Waals surface area contributed by atoms with Crippen LogP contribution in [0.1, 0.15) is 27.2 Å². The molecular weight excluding hydrogens is 170 g/mol. The van der Waals surface area contributed by atoms with Crippen molar-refractivity contribution < 1.29 is 15.0 Å². The number of rotatable bonds is 5. The molecule has 0 amide bonds. The SMILES string of the molecule is CC(C)C[C@H](N)C(=O)C(C)(O)CO. The second-order valence-corrected chi connectivity index (χ2v) is 4.03. The van der Waals surface area contributed by atoms with Gasteiger partial charge in [0.1, 0.15) is 5.60 Å². The fraction of sp³-hybridized carbons (Fsp3) is 0.889. The Kier molecular flexibility index (Phi) is 4.53. The molecule has 0 aliphatic rings. The molecule has 0 heterocycles. The molecule has 0 aliphatic heterocycles. The first kappa shape index (κ1) is 12.6. The predicted molar refractivity (Wildman–Crippen MR) is 50.1 cm³/mol. The highest BCUT2D eigenvalue weighted by Gasteiger charge is 2.33. The van der Waals surface area contributed by atoms with E-state index in [-0.39, 0.29) is 0 Å². The first-order valence-electron chi connectivity index (χ1n) is 4.44. The number of hydrogen-bond donors (Lipinski definition) is 3. The van der Waals surface area contributed by atoms with Crippen LogP contribution in [0.5, 0.6) is 0 Å². The predicted octanol–water partition coefficient (Wildman–Crippen LogP) is -0.328. The summed E-state index contributed by atoms with van der Waals surface area (Å²) in [5.74, 6) is -0.197. The maximum absolute atomic E-state index is 11.4. The summed E-state index contributed by atoms with van der Waals surface area (Å²) in [5.41, 5.74) is 3.86. The lowest BCUT2D eigenvalue weighted by Gasteiger charge is -2.23. The lowest BCUT2D eigenvalue weighted by Crippen LogP contribution is -2.49. The lowest BCUT2D eigenvalue weighted by molar-refractivity contribution is -0.141. The molecule has 0 aliphatic carbocycles. The molecule has 0 saturated carbocycles. The number of hydrogen-bond acceptors (Lipinski definition) is 4. The van der Waals surface area contributed by atoms with Gasteiger partial charge in [-0.25, -0.2) is 0 Å². The van der Waals surface area contributed by atoms with Gasteiger partial charge in [-0.2, -0.15) is 0 Å². The molecule has 4 nitrogen and oxygen atoms in total. The van der Waals surface area contributed by atoms with Crippen LogP contribution in [0.3, 0.4) is 0 Å². The number of aliphatic hydroxyl groups is 2. The zero-order chi connectivity index (χ0) is 10.6. The summed E-state index contributed by atoms with van der Waals surface area (Å²) in [6.07, 6.45) is 0.523. The molecule has 0 radical (unpaired) electrons. The third-order valence-electron chi connectivity index (χ3n) is 1.90. The molecule has 1 unspecified atom stereocenters. The number of nitrogens with two attached hydrogens (primary N) is 1. The summed E-state index contributed by atoms with van der Waals surface area (Å²) in [7, 11) is 0. The zero-order valence-corrected chi connectivity index (χ0v) is 8.45. The van der Waals surface area contributed by atoms with Gasteiger partial charge in [0.25, 0.3) is 0 Å². The van der Waals surface area contributed by atoms with Gasteiger partial charge in [-0.15, -0.1) is 0 Å². The molecule has 0 aromatic rings. The number of carbonyl (C=O) groups excluding carboxylic acids is 1. The normalized spacial score (nSPS) is 18.4. The Morgan fingerprint density at radius 3 is 2.31 bits per heavy atom. The van der Waals surface area contributed by atoms with Gasteiger partial charge in [0.2, 0.25) is 0 Å². The molecule has 0 bridgehead atoms. The maximum atomic E-state index is 11.4. The molecule has 0 spiro atoms. The van der Waals surface area contributed by atoms with Crippen molar-refractivity contribution in [3.8, 4) is 0 Å². The summed E-state index contributed by atoms with van der Waals surface area (Å²) in [6.45, 7) is 4.58. The average Bonchev–Trinajstić information content (AvgIpc) is 2.01. The topological polar surface area (TPSA) is 83.6 Å². The van der Waals surface area contributed by atoms with Crippen LogP contribution in [-0.2, 0) is 4.79 Å². The van der Waals surface area contributed by atoms with Gasteiger partial charge in [-0.05, 0) is 19.3 Å². The minimum Gasteiger partial charge on any atom is -0.393 e. The summed E-state index contributed by atoms with van der Waals surface area (Å²) in [5, 5.41) is 18.1. The van der Waals surface area contributed by atoms with E-state index in [0.717, 1.165) is 0 Å². The van der Waals surface area contributed by atoms with E-state index >= 15 is 0 Å². The van der Waals surface area contributed by atoms with Crippen LogP contribution in [0.2, 0.25) is 0 Å². The second-order valence-electron chi connectivity index (χ2n) is 4.03. The first-order chi connectivity index (χ1) is 5.81. The van der Waals surface area contributed by atoms with Crippen molar-refractivity contribution in [2.24, 2.45) is 11.7 Å². The Bertz CT molecular complexity index is 178. The van der Waals surface area contributed by atoms with E-state index in [1.54, 1.807) is 0 Å². The Balaban J connectivity index is 4.25. The van der Waals surface area contributed by atoms with Gasteiger partial charge < -0.3 is 15.9 Å². The molecule has 2 atom stereocenters. The van der Waals surface area contributed by atoms with Gasteiger partial charge >= 0.3 is 0 Å². The third-order valence-corrected chi connectivity index (χ3v) is 1.90. The van der Waals surface area contributed by atoms with E-state index in [9.17, 15) is 9.90 Å². The smallest absolute Gasteiger partial charge is 0.183 e. The number of aliphatic hydroxyl groups excluding tert-OH is 1.